The lowest BCUT2D eigenvalue weighted by Gasteiger charge is -2.12. The smallest absolute Gasteiger partial charge is 0.0503 e. The lowest BCUT2D eigenvalue weighted by atomic mass is 10.1. The molecule has 0 unspecified atom stereocenters. The van der Waals surface area contributed by atoms with Gasteiger partial charge in [0, 0.05) is 29.9 Å². The first-order chi connectivity index (χ1) is 9.51. The number of hydrogen-bond acceptors (Lipinski definition) is 2. The SMILES string of the molecule is CC(C)Cn1cc(CCN)c2ccc(NC(C)C)cc21. The van der Waals surface area contributed by atoms with E-state index in [-0.39, 0.29) is 0 Å². The van der Waals surface area contributed by atoms with Gasteiger partial charge in [-0.2, -0.15) is 0 Å². The first-order valence-corrected chi connectivity index (χ1v) is 7.59. The Morgan fingerprint density at radius 2 is 1.95 bits per heavy atom. The van der Waals surface area contributed by atoms with Crippen LogP contribution in [0.5, 0.6) is 0 Å². The third-order valence-electron chi connectivity index (χ3n) is 3.40. The summed E-state index contributed by atoms with van der Waals surface area (Å²) in [5.74, 6) is 0.637. The van der Waals surface area contributed by atoms with Crippen LogP contribution in [0.1, 0.15) is 33.3 Å². The van der Waals surface area contributed by atoms with Crippen molar-refractivity contribution in [3.63, 3.8) is 0 Å². The fourth-order valence-electron chi connectivity index (χ4n) is 2.69. The van der Waals surface area contributed by atoms with Gasteiger partial charge in [0.1, 0.15) is 0 Å². The molecule has 1 heterocycles. The quantitative estimate of drug-likeness (QED) is 0.844. The monoisotopic (exact) mass is 273 g/mol. The zero-order chi connectivity index (χ0) is 14.7. The minimum atomic E-state index is 0.449. The van der Waals surface area contributed by atoms with Gasteiger partial charge in [-0.15, -0.1) is 0 Å². The normalized spacial score (nSPS) is 11.8. The van der Waals surface area contributed by atoms with Crippen molar-refractivity contribution in [3.05, 3.63) is 30.0 Å². The zero-order valence-electron chi connectivity index (χ0n) is 13.1. The molecule has 0 saturated heterocycles. The molecule has 3 nitrogen and oxygen atoms in total. The van der Waals surface area contributed by atoms with Crippen molar-refractivity contribution in [1.82, 2.24) is 4.57 Å². The molecule has 0 saturated carbocycles. The van der Waals surface area contributed by atoms with Crippen molar-refractivity contribution in [2.45, 2.75) is 46.7 Å². The molecule has 0 radical (unpaired) electrons. The van der Waals surface area contributed by atoms with E-state index >= 15 is 0 Å². The van der Waals surface area contributed by atoms with Crippen molar-refractivity contribution in [2.24, 2.45) is 11.7 Å². The van der Waals surface area contributed by atoms with Gasteiger partial charge >= 0.3 is 0 Å². The van der Waals surface area contributed by atoms with Gasteiger partial charge in [0.2, 0.25) is 0 Å². The largest absolute Gasteiger partial charge is 0.383 e. The number of rotatable bonds is 6. The minimum absolute atomic E-state index is 0.449. The third kappa shape index (κ3) is 3.34. The van der Waals surface area contributed by atoms with Crippen LogP contribution in [0.3, 0.4) is 0 Å². The van der Waals surface area contributed by atoms with E-state index in [9.17, 15) is 0 Å². The van der Waals surface area contributed by atoms with Crippen LogP contribution in [0.4, 0.5) is 5.69 Å². The maximum Gasteiger partial charge on any atom is 0.0503 e. The van der Waals surface area contributed by atoms with Gasteiger partial charge in [-0.1, -0.05) is 19.9 Å². The summed E-state index contributed by atoms with van der Waals surface area (Å²) in [6.45, 7) is 10.6. The van der Waals surface area contributed by atoms with Crippen LogP contribution in [0.25, 0.3) is 10.9 Å². The van der Waals surface area contributed by atoms with Crippen molar-refractivity contribution < 1.29 is 0 Å². The van der Waals surface area contributed by atoms with Crippen molar-refractivity contribution >= 4 is 16.6 Å². The highest BCUT2D eigenvalue weighted by Crippen LogP contribution is 2.26. The van der Waals surface area contributed by atoms with Gasteiger partial charge in [0.05, 0.1) is 5.52 Å². The van der Waals surface area contributed by atoms with E-state index in [4.69, 9.17) is 5.73 Å². The van der Waals surface area contributed by atoms with Gasteiger partial charge in [-0.05, 0) is 50.4 Å². The van der Waals surface area contributed by atoms with E-state index in [1.165, 1.54) is 22.2 Å². The molecule has 3 heteroatoms. The standard InChI is InChI=1S/C17H27N3/c1-12(2)10-20-11-14(7-8-18)16-6-5-15(9-17(16)20)19-13(3)4/h5-6,9,11-13,19H,7-8,10,18H2,1-4H3. The first kappa shape index (κ1) is 14.9. The van der Waals surface area contributed by atoms with E-state index in [1.54, 1.807) is 0 Å². The molecule has 0 aliphatic rings. The fourth-order valence-corrected chi connectivity index (χ4v) is 2.69. The summed E-state index contributed by atoms with van der Waals surface area (Å²) >= 11 is 0. The van der Waals surface area contributed by atoms with Gasteiger partial charge in [0.25, 0.3) is 0 Å². The number of nitrogens with zero attached hydrogens (tertiary/aromatic N) is 1. The maximum absolute atomic E-state index is 5.74. The Bertz CT molecular complexity index is 567. The topological polar surface area (TPSA) is 43.0 Å². The highest BCUT2D eigenvalue weighted by molar-refractivity contribution is 5.87. The Hall–Kier alpha value is -1.48. The summed E-state index contributed by atoms with van der Waals surface area (Å²) in [6.07, 6.45) is 3.22. The number of anilines is 1. The Balaban J connectivity index is 2.46. The molecule has 1 aromatic carbocycles. The fraction of sp³-hybridized carbons (Fsp3) is 0.529. The molecule has 1 aromatic heterocycles. The average molecular weight is 273 g/mol. The molecule has 2 aromatic rings. The highest BCUT2D eigenvalue weighted by atomic mass is 15.0. The molecule has 0 spiro atoms. The summed E-state index contributed by atoms with van der Waals surface area (Å²) < 4.78 is 2.37. The Morgan fingerprint density at radius 1 is 1.20 bits per heavy atom. The molecule has 2 rings (SSSR count). The number of nitrogens with two attached hydrogens (primary N) is 1. The van der Waals surface area contributed by atoms with E-state index in [0.717, 1.165) is 13.0 Å². The number of hydrogen-bond donors (Lipinski definition) is 2. The molecule has 0 atom stereocenters. The Kier molecular flexibility index (Phi) is 4.71. The van der Waals surface area contributed by atoms with E-state index in [0.29, 0.717) is 18.5 Å². The molecular weight excluding hydrogens is 246 g/mol. The maximum atomic E-state index is 5.74. The van der Waals surface area contributed by atoms with E-state index in [1.807, 2.05) is 0 Å². The molecule has 0 fully saturated rings. The minimum Gasteiger partial charge on any atom is -0.383 e. The second-order valence-electron chi connectivity index (χ2n) is 6.27. The van der Waals surface area contributed by atoms with Crippen molar-refractivity contribution in [1.29, 1.82) is 0 Å². The lowest BCUT2D eigenvalue weighted by molar-refractivity contribution is 0.534. The third-order valence-corrected chi connectivity index (χ3v) is 3.40. The number of benzene rings is 1. The number of aromatic nitrogens is 1. The second-order valence-corrected chi connectivity index (χ2v) is 6.27. The lowest BCUT2D eigenvalue weighted by Crippen LogP contribution is -2.09. The summed E-state index contributed by atoms with van der Waals surface area (Å²) in [7, 11) is 0. The predicted molar refractivity (Wildman–Crippen MR) is 88.3 cm³/mol. The molecule has 0 bridgehead atoms. The van der Waals surface area contributed by atoms with Gasteiger partial charge in [0.15, 0.2) is 0 Å². The molecule has 3 N–H and O–H groups in total. The average Bonchev–Trinajstić information content (AvgIpc) is 2.66. The van der Waals surface area contributed by atoms with Crippen LogP contribution in [0.2, 0.25) is 0 Å². The molecular formula is C17H27N3. The molecule has 0 aliphatic heterocycles. The summed E-state index contributed by atoms with van der Waals surface area (Å²) in [5.41, 5.74) is 9.60. The van der Waals surface area contributed by atoms with Crippen LogP contribution in [-0.4, -0.2) is 17.2 Å². The van der Waals surface area contributed by atoms with Gasteiger partial charge in [-0.3, -0.25) is 0 Å². The van der Waals surface area contributed by atoms with Crippen LogP contribution in [-0.2, 0) is 13.0 Å². The summed E-state index contributed by atoms with van der Waals surface area (Å²) in [5, 5.41) is 4.82. The zero-order valence-corrected chi connectivity index (χ0v) is 13.1. The Labute approximate surface area is 122 Å². The summed E-state index contributed by atoms with van der Waals surface area (Å²) in [4.78, 5) is 0. The number of nitrogens with one attached hydrogen (secondary N) is 1. The molecule has 20 heavy (non-hydrogen) atoms. The molecule has 0 aliphatic carbocycles. The van der Waals surface area contributed by atoms with Crippen LogP contribution < -0.4 is 11.1 Å². The first-order valence-electron chi connectivity index (χ1n) is 7.59. The van der Waals surface area contributed by atoms with Crippen molar-refractivity contribution in [2.75, 3.05) is 11.9 Å². The van der Waals surface area contributed by atoms with Crippen molar-refractivity contribution in [3.8, 4) is 0 Å². The Morgan fingerprint density at radius 3 is 2.55 bits per heavy atom. The molecule has 0 amide bonds. The number of fused-ring (bicyclic) bond motifs is 1. The summed E-state index contributed by atoms with van der Waals surface area (Å²) in [6, 6.07) is 7.10. The highest BCUT2D eigenvalue weighted by Gasteiger charge is 2.10. The van der Waals surface area contributed by atoms with E-state index < -0.39 is 0 Å². The van der Waals surface area contributed by atoms with E-state index in [2.05, 4.69) is 62.0 Å². The van der Waals surface area contributed by atoms with Gasteiger partial charge < -0.3 is 15.6 Å². The second kappa shape index (κ2) is 6.31. The van der Waals surface area contributed by atoms with Crippen LogP contribution in [0, 0.1) is 5.92 Å². The molecule has 110 valence electrons. The van der Waals surface area contributed by atoms with Crippen LogP contribution >= 0.6 is 0 Å². The van der Waals surface area contributed by atoms with Crippen LogP contribution in [0.15, 0.2) is 24.4 Å². The predicted octanol–water partition coefficient (Wildman–Crippen LogP) is 3.62. The van der Waals surface area contributed by atoms with Gasteiger partial charge in [-0.25, -0.2) is 0 Å².